The Morgan fingerprint density at radius 2 is 2.11 bits per heavy atom. The molecule has 1 aromatic carbocycles. The van der Waals surface area contributed by atoms with Gasteiger partial charge in [0.05, 0.1) is 17.2 Å². The molecule has 0 radical (unpaired) electrons. The molecule has 4 rings (SSSR count). The molecule has 0 aliphatic carbocycles. The summed E-state index contributed by atoms with van der Waals surface area (Å²) in [5, 5.41) is 12.2. The van der Waals surface area contributed by atoms with E-state index in [0.29, 0.717) is 23.7 Å². The van der Waals surface area contributed by atoms with Crippen molar-refractivity contribution in [2.75, 3.05) is 11.9 Å². The van der Waals surface area contributed by atoms with Crippen LogP contribution in [0.4, 0.5) is 5.82 Å². The van der Waals surface area contributed by atoms with Gasteiger partial charge in [-0.25, -0.2) is 0 Å². The van der Waals surface area contributed by atoms with Crippen molar-refractivity contribution >= 4 is 28.8 Å². The van der Waals surface area contributed by atoms with Crippen LogP contribution in [0, 0.1) is 0 Å². The van der Waals surface area contributed by atoms with E-state index in [1.807, 2.05) is 42.6 Å². The number of aromatic amines is 1. The lowest BCUT2D eigenvalue weighted by atomic mass is 9.85. The number of benzene rings is 1. The van der Waals surface area contributed by atoms with E-state index in [2.05, 4.69) is 15.5 Å². The Morgan fingerprint density at radius 3 is 2.78 bits per heavy atom. The van der Waals surface area contributed by atoms with Crippen LogP contribution >= 0.6 is 11.3 Å². The number of ketones is 1. The van der Waals surface area contributed by atoms with Gasteiger partial charge in [0.25, 0.3) is 0 Å². The SMILES string of the molecule is CCOc1ccc(-c2[nH]nc3c2C(c2csc(C(C)=O)c2)CC(=O)N3)cc1. The fourth-order valence-corrected chi connectivity index (χ4v) is 4.23. The maximum atomic E-state index is 12.2. The number of aromatic nitrogens is 2. The summed E-state index contributed by atoms with van der Waals surface area (Å²) in [5.41, 5.74) is 3.76. The van der Waals surface area contributed by atoms with Crippen molar-refractivity contribution in [2.24, 2.45) is 0 Å². The van der Waals surface area contributed by atoms with Crippen molar-refractivity contribution < 1.29 is 14.3 Å². The summed E-state index contributed by atoms with van der Waals surface area (Å²) >= 11 is 1.41. The van der Waals surface area contributed by atoms with Crippen molar-refractivity contribution in [3.8, 4) is 17.0 Å². The molecule has 3 heterocycles. The molecule has 3 aromatic rings. The zero-order chi connectivity index (χ0) is 19.0. The predicted octanol–water partition coefficient (Wildman–Crippen LogP) is 4.21. The predicted molar refractivity (Wildman–Crippen MR) is 105 cm³/mol. The van der Waals surface area contributed by atoms with E-state index in [-0.39, 0.29) is 17.6 Å². The minimum absolute atomic E-state index is 0.0330. The summed E-state index contributed by atoms with van der Waals surface area (Å²) in [7, 11) is 0. The van der Waals surface area contributed by atoms with Crippen LogP contribution in [0.15, 0.2) is 35.7 Å². The number of hydrogen-bond donors (Lipinski definition) is 2. The van der Waals surface area contributed by atoms with Gasteiger partial charge in [0.2, 0.25) is 5.91 Å². The van der Waals surface area contributed by atoms with Crippen LogP contribution in [-0.2, 0) is 4.79 Å². The Morgan fingerprint density at radius 1 is 1.33 bits per heavy atom. The second kappa shape index (κ2) is 7.00. The fraction of sp³-hybridized carbons (Fsp3) is 0.250. The lowest BCUT2D eigenvalue weighted by molar-refractivity contribution is -0.116. The highest BCUT2D eigenvalue weighted by atomic mass is 32.1. The molecule has 0 spiro atoms. The molecule has 1 aliphatic heterocycles. The first kappa shape index (κ1) is 17.5. The summed E-state index contributed by atoms with van der Waals surface area (Å²) in [6.07, 6.45) is 0.324. The van der Waals surface area contributed by atoms with Crippen LogP contribution in [0.25, 0.3) is 11.3 Å². The fourth-order valence-electron chi connectivity index (χ4n) is 3.36. The number of hydrogen-bond acceptors (Lipinski definition) is 5. The van der Waals surface area contributed by atoms with Crippen LogP contribution in [0.1, 0.15) is 47.0 Å². The molecule has 1 aliphatic rings. The number of anilines is 1. The van der Waals surface area contributed by atoms with Crippen LogP contribution in [0.2, 0.25) is 0 Å². The Kier molecular flexibility index (Phi) is 4.53. The van der Waals surface area contributed by atoms with Gasteiger partial charge in [-0.1, -0.05) is 0 Å². The molecule has 2 aromatic heterocycles. The second-order valence-electron chi connectivity index (χ2n) is 6.42. The smallest absolute Gasteiger partial charge is 0.226 e. The zero-order valence-corrected chi connectivity index (χ0v) is 15.9. The standard InChI is InChI=1S/C20H19N3O3S/c1-3-26-14-6-4-12(5-7-14)19-18-15(9-17(25)21-20(18)23-22-19)13-8-16(11(2)24)27-10-13/h4-8,10,15H,3,9H2,1-2H3,(H2,21,22,23,25). The van der Waals surface area contributed by atoms with E-state index >= 15 is 0 Å². The van der Waals surface area contributed by atoms with Gasteiger partial charge in [-0.3, -0.25) is 14.7 Å². The average molecular weight is 381 g/mol. The molecule has 1 atom stereocenters. The maximum absolute atomic E-state index is 12.2. The summed E-state index contributed by atoms with van der Waals surface area (Å²) in [6, 6.07) is 9.67. The number of Topliss-reactive ketones (excluding diaryl/α,β-unsaturated/α-hetero) is 1. The lowest BCUT2D eigenvalue weighted by Crippen LogP contribution is -2.23. The van der Waals surface area contributed by atoms with E-state index in [1.165, 1.54) is 11.3 Å². The van der Waals surface area contributed by atoms with E-state index in [4.69, 9.17) is 4.74 Å². The molecule has 0 saturated carbocycles. The van der Waals surface area contributed by atoms with E-state index < -0.39 is 0 Å². The molecule has 138 valence electrons. The number of ether oxygens (including phenoxy) is 1. The Labute approximate surface area is 160 Å². The second-order valence-corrected chi connectivity index (χ2v) is 7.33. The molecule has 1 amide bonds. The summed E-state index contributed by atoms with van der Waals surface area (Å²) in [6.45, 7) is 4.12. The Balaban J connectivity index is 1.76. The molecule has 6 nitrogen and oxygen atoms in total. The maximum Gasteiger partial charge on any atom is 0.226 e. The first-order chi connectivity index (χ1) is 13.1. The van der Waals surface area contributed by atoms with Crippen LogP contribution < -0.4 is 10.1 Å². The third kappa shape index (κ3) is 3.26. The number of nitrogens with zero attached hydrogens (tertiary/aromatic N) is 1. The molecule has 2 N–H and O–H groups in total. The molecule has 27 heavy (non-hydrogen) atoms. The van der Waals surface area contributed by atoms with Gasteiger partial charge < -0.3 is 10.1 Å². The third-order valence-corrected chi connectivity index (χ3v) is 5.67. The topological polar surface area (TPSA) is 84.1 Å². The monoisotopic (exact) mass is 381 g/mol. The minimum atomic E-state index is -0.140. The van der Waals surface area contributed by atoms with Crippen molar-refractivity contribution in [1.29, 1.82) is 0 Å². The molecular formula is C20H19N3O3S. The summed E-state index contributed by atoms with van der Waals surface area (Å²) < 4.78 is 5.51. The zero-order valence-electron chi connectivity index (χ0n) is 15.0. The summed E-state index contributed by atoms with van der Waals surface area (Å²) in [5.74, 6) is 1.18. The average Bonchev–Trinajstić information content (AvgIpc) is 3.29. The Bertz CT molecular complexity index is 1000. The van der Waals surface area contributed by atoms with Gasteiger partial charge in [0.15, 0.2) is 11.6 Å². The van der Waals surface area contributed by atoms with Crippen molar-refractivity contribution in [3.63, 3.8) is 0 Å². The number of nitrogens with one attached hydrogen (secondary N) is 2. The molecular weight excluding hydrogens is 362 g/mol. The van der Waals surface area contributed by atoms with E-state index in [0.717, 1.165) is 28.1 Å². The molecule has 1 unspecified atom stereocenters. The highest BCUT2D eigenvalue weighted by Gasteiger charge is 2.32. The normalized spacial score (nSPS) is 15.9. The van der Waals surface area contributed by atoms with Gasteiger partial charge in [0, 0.05) is 23.5 Å². The highest BCUT2D eigenvalue weighted by molar-refractivity contribution is 7.12. The number of amides is 1. The van der Waals surface area contributed by atoms with Gasteiger partial charge in [-0.2, -0.15) is 5.10 Å². The lowest BCUT2D eigenvalue weighted by Gasteiger charge is -2.22. The molecule has 7 heteroatoms. The van der Waals surface area contributed by atoms with Crippen molar-refractivity contribution in [1.82, 2.24) is 10.2 Å². The van der Waals surface area contributed by atoms with E-state index in [1.54, 1.807) is 6.92 Å². The number of carbonyl (C=O) groups is 2. The molecule has 0 bridgehead atoms. The molecule has 0 saturated heterocycles. The van der Waals surface area contributed by atoms with Crippen LogP contribution in [0.5, 0.6) is 5.75 Å². The largest absolute Gasteiger partial charge is 0.494 e. The molecule has 0 fully saturated rings. The number of thiophene rings is 1. The third-order valence-electron chi connectivity index (χ3n) is 4.62. The highest BCUT2D eigenvalue weighted by Crippen LogP contribution is 2.43. The Hall–Kier alpha value is -2.93. The first-order valence-corrected chi connectivity index (χ1v) is 9.65. The van der Waals surface area contributed by atoms with Crippen molar-refractivity contribution in [3.05, 3.63) is 51.7 Å². The van der Waals surface area contributed by atoms with E-state index in [9.17, 15) is 9.59 Å². The minimum Gasteiger partial charge on any atom is -0.494 e. The van der Waals surface area contributed by atoms with Crippen LogP contribution in [-0.4, -0.2) is 28.5 Å². The number of carbonyl (C=O) groups excluding carboxylic acids is 2. The van der Waals surface area contributed by atoms with Gasteiger partial charge in [-0.05, 0) is 55.1 Å². The number of H-pyrrole nitrogens is 1. The van der Waals surface area contributed by atoms with Gasteiger partial charge in [-0.15, -0.1) is 11.3 Å². The van der Waals surface area contributed by atoms with Gasteiger partial charge >= 0.3 is 0 Å². The number of rotatable bonds is 5. The van der Waals surface area contributed by atoms with Gasteiger partial charge in [0.1, 0.15) is 5.75 Å². The quantitative estimate of drug-likeness (QED) is 0.648. The first-order valence-electron chi connectivity index (χ1n) is 8.77. The van der Waals surface area contributed by atoms with Crippen LogP contribution in [0.3, 0.4) is 0 Å². The van der Waals surface area contributed by atoms with Crippen molar-refractivity contribution in [2.45, 2.75) is 26.2 Å². The summed E-state index contributed by atoms with van der Waals surface area (Å²) in [4.78, 5) is 24.5. The number of fused-ring (bicyclic) bond motifs is 1.